The van der Waals surface area contributed by atoms with E-state index in [0.29, 0.717) is 24.9 Å². The van der Waals surface area contributed by atoms with Crippen LogP contribution >= 0.6 is 0 Å². The lowest BCUT2D eigenvalue weighted by atomic mass is 9.67. The monoisotopic (exact) mass is 409 g/mol. The topological polar surface area (TPSA) is 117 Å². The number of benzene rings is 1. The highest BCUT2D eigenvalue weighted by atomic mass is 16.3. The summed E-state index contributed by atoms with van der Waals surface area (Å²) in [6, 6.07) is 4.83. The minimum atomic E-state index is -0.624. The van der Waals surface area contributed by atoms with Crippen LogP contribution < -0.4 is 5.32 Å². The second kappa shape index (κ2) is 7.02. The first-order valence-corrected chi connectivity index (χ1v) is 10.3. The minimum Gasteiger partial charge on any atom is -0.396 e. The van der Waals surface area contributed by atoms with E-state index in [0.717, 1.165) is 36.2 Å². The number of aromatic nitrogens is 3. The van der Waals surface area contributed by atoms with Crippen molar-refractivity contribution in [3.63, 3.8) is 0 Å². The number of nitrogens with zero attached hydrogens (tertiary/aromatic N) is 4. The Labute approximate surface area is 173 Å². The molecule has 1 aliphatic carbocycles. The summed E-state index contributed by atoms with van der Waals surface area (Å²) >= 11 is 0. The first kappa shape index (κ1) is 18.9. The molecule has 9 heteroatoms. The molecule has 3 heterocycles. The fourth-order valence-electron chi connectivity index (χ4n) is 4.66. The van der Waals surface area contributed by atoms with Gasteiger partial charge in [0.2, 0.25) is 11.8 Å². The van der Waals surface area contributed by atoms with Crippen LogP contribution in [-0.4, -0.2) is 55.4 Å². The maximum absolute atomic E-state index is 12.8. The number of aliphatic hydroxyl groups excluding tert-OH is 1. The molecule has 0 radical (unpaired) electrons. The van der Waals surface area contributed by atoms with Gasteiger partial charge in [0.15, 0.2) is 0 Å². The zero-order valence-electron chi connectivity index (χ0n) is 16.5. The smallest absolute Gasteiger partial charge is 0.255 e. The third-order valence-corrected chi connectivity index (χ3v) is 6.62. The molecule has 9 nitrogen and oxygen atoms in total. The number of fused-ring (bicyclic) bond motifs is 1. The van der Waals surface area contributed by atoms with Gasteiger partial charge in [-0.05, 0) is 48.4 Å². The third-order valence-electron chi connectivity index (χ3n) is 6.62. The van der Waals surface area contributed by atoms with Gasteiger partial charge in [-0.3, -0.25) is 19.7 Å². The number of amides is 3. The molecule has 1 saturated carbocycles. The Morgan fingerprint density at radius 3 is 2.77 bits per heavy atom. The molecule has 30 heavy (non-hydrogen) atoms. The van der Waals surface area contributed by atoms with E-state index >= 15 is 0 Å². The number of nitrogens with one attached hydrogen (secondary N) is 1. The van der Waals surface area contributed by atoms with Crippen molar-refractivity contribution in [3.05, 3.63) is 41.2 Å². The SMILES string of the molecule is O=C1CCC(N2Cc3cc(-n4cc(CC5(CO)CCC5)nn4)ccc3C2=O)C(=O)N1. The molecule has 2 aromatic rings. The standard InChI is InChI=1S/C21H23N5O4/c27-12-21(6-1-7-21)9-14-11-26(24-23-14)15-2-3-16-13(8-15)10-25(20(16)30)17-4-5-18(28)22-19(17)29/h2-3,8,11,17,27H,1,4-7,9-10,12H2,(H,22,28,29). The van der Waals surface area contributed by atoms with Gasteiger partial charge in [0.05, 0.1) is 17.6 Å². The molecule has 2 aliphatic heterocycles. The van der Waals surface area contributed by atoms with Crippen LogP contribution in [0.25, 0.3) is 5.69 Å². The first-order valence-electron chi connectivity index (χ1n) is 10.3. The molecule has 5 rings (SSSR count). The van der Waals surface area contributed by atoms with Crippen LogP contribution in [0.15, 0.2) is 24.4 Å². The Bertz CT molecular complexity index is 1040. The van der Waals surface area contributed by atoms with E-state index in [2.05, 4.69) is 15.6 Å². The molecule has 0 spiro atoms. The average molecular weight is 409 g/mol. The Balaban J connectivity index is 1.35. The molecule has 1 aromatic heterocycles. The Hall–Kier alpha value is -3.07. The van der Waals surface area contributed by atoms with Crippen LogP contribution in [-0.2, 0) is 22.6 Å². The molecule has 1 saturated heterocycles. The molecule has 2 fully saturated rings. The van der Waals surface area contributed by atoms with Gasteiger partial charge in [-0.15, -0.1) is 5.10 Å². The van der Waals surface area contributed by atoms with Crippen molar-refractivity contribution in [1.82, 2.24) is 25.2 Å². The van der Waals surface area contributed by atoms with E-state index < -0.39 is 11.9 Å². The van der Waals surface area contributed by atoms with Crippen molar-refractivity contribution >= 4 is 17.7 Å². The Kier molecular flexibility index (Phi) is 4.43. The van der Waals surface area contributed by atoms with E-state index in [1.165, 1.54) is 4.90 Å². The quantitative estimate of drug-likeness (QED) is 0.703. The number of piperidine rings is 1. The van der Waals surface area contributed by atoms with Gasteiger partial charge in [-0.1, -0.05) is 11.6 Å². The fraction of sp³-hybridized carbons (Fsp3) is 0.476. The van der Waals surface area contributed by atoms with E-state index in [1.807, 2.05) is 18.3 Å². The number of rotatable bonds is 5. The molecule has 2 N–H and O–H groups in total. The van der Waals surface area contributed by atoms with Gasteiger partial charge in [-0.25, -0.2) is 4.68 Å². The van der Waals surface area contributed by atoms with Gasteiger partial charge < -0.3 is 10.0 Å². The summed E-state index contributed by atoms with van der Waals surface area (Å²) in [5.41, 5.74) is 2.96. The molecule has 1 unspecified atom stereocenters. The van der Waals surface area contributed by atoms with Crippen molar-refractivity contribution in [2.75, 3.05) is 6.61 Å². The zero-order chi connectivity index (χ0) is 20.9. The number of hydrogen-bond acceptors (Lipinski definition) is 6. The molecule has 156 valence electrons. The lowest BCUT2D eigenvalue weighted by Gasteiger charge is -2.39. The first-order chi connectivity index (χ1) is 14.5. The summed E-state index contributed by atoms with van der Waals surface area (Å²) in [7, 11) is 0. The molecule has 3 aliphatic rings. The maximum atomic E-state index is 12.8. The van der Waals surface area contributed by atoms with Gasteiger partial charge in [0.25, 0.3) is 5.91 Å². The number of imide groups is 1. The number of carbonyl (C=O) groups excluding carboxylic acids is 3. The van der Waals surface area contributed by atoms with Crippen LogP contribution in [0.3, 0.4) is 0 Å². The van der Waals surface area contributed by atoms with Crippen molar-refractivity contribution in [1.29, 1.82) is 0 Å². The molecule has 3 amide bonds. The summed E-state index contributed by atoms with van der Waals surface area (Å²) < 4.78 is 1.68. The van der Waals surface area contributed by atoms with Crippen molar-refractivity contribution < 1.29 is 19.5 Å². The Morgan fingerprint density at radius 2 is 2.07 bits per heavy atom. The van der Waals surface area contributed by atoms with Crippen LogP contribution in [0.1, 0.15) is 53.7 Å². The Morgan fingerprint density at radius 1 is 1.23 bits per heavy atom. The van der Waals surface area contributed by atoms with Gasteiger partial charge in [-0.2, -0.15) is 0 Å². The molecular weight excluding hydrogens is 386 g/mol. The van der Waals surface area contributed by atoms with Gasteiger partial charge in [0.1, 0.15) is 6.04 Å². The number of hydrogen-bond donors (Lipinski definition) is 2. The van der Waals surface area contributed by atoms with Crippen LogP contribution in [0.2, 0.25) is 0 Å². The van der Waals surface area contributed by atoms with Crippen LogP contribution in [0, 0.1) is 5.41 Å². The highest BCUT2D eigenvalue weighted by Crippen LogP contribution is 2.42. The summed E-state index contributed by atoms with van der Waals surface area (Å²) in [5.74, 6) is -0.905. The van der Waals surface area contributed by atoms with Crippen LogP contribution in [0.4, 0.5) is 0 Å². The summed E-state index contributed by atoms with van der Waals surface area (Å²) in [6.07, 6.45) is 6.30. The summed E-state index contributed by atoms with van der Waals surface area (Å²) in [6.45, 7) is 0.487. The molecule has 0 bridgehead atoms. The highest BCUT2D eigenvalue weighted by molar-refractivity contribution is 6.05. The second-order valence-corrected chi connectivity index (χ2v) is 8.58. The predicted octanol–water partition coefficient (Wildman–Crippen LogP) is 0.733. The number of aliphatic hydroxyl groups is 1. The lowest BCUT2D eigenvalue weighted by molar-refractivity contribution is -0.136. The van der Waals surface area contributed by atoms with E-state index in [9.17, 15) is 19.5 Å². The van der Waals surface area contributed by atoms with Gasteiger partial charge in [0, 0.05) is 31.6 Å². The zero-order valence-corrected chi connectivity index (χ0v) is 16.5. The number of carbonyl (C=O) groups is 3. The normalized spacial score (nSPS) is 22.6. The molecular formula is C21H23N5O4. The fourth-order valence-corrected chi connectivity index (χ4v) is 4.66. The van der Waals surface area contributed by atoms with E-state index in [-0.39, 0.29) is 30.3 Å². The minimum absolute atomic E-state index is 0.0618. The maximum Gasteiger partial charge on any atom is 0.255 e. The largest absolute Gasteiger partial charge is 0.396 e. The lowest BCUT2D eigenvalue weighted by Crippen LogP contribution is -2.52. The summed E-state index contributed by atoms with van der Waals surface area (Å²) in [5, 5.41) is 20.5. The summed E-state index contributed by atoms with van der Waals surface area (Å²) in [4.78, 5) is 37.9. The van der Waals surface area contributed by atoms with Gasteiger partial charge >= 0.3 is 0 Å². The van der Waals surface area contributed by atoms with Crippen molar-refractivity contribution in [3.8, 4) is 5.69 Å². The second-order valence-electron chi connectivity index (χ2n) is 8.58. The van der Waals surface area contributed by atoms with E-state index in [4.69, 9.17) is 0 Å². The third kappa shape index (κ3) is 3.09. The average Bonchev–Trinajstić information content (AvgIpc) is 3.29. The molecule has 1 atom stereocenters. The van der Waals surface area contributed by atoms with Crippen molar-refractivity contribution in [2.24, 2.45) is 5.41 Å². The molecule has 1 aromatic carbocycles. The predicted molar refractivity (Wildman–Crippen MR) is 104 cm³/mol. The van der Waals surface area contributed by atoms with Crippen molar-refractivity contribution in [2.45, 2.75) is 51.1 Å². The van der Waals surface area contributed by atoms with Crippen LogP contribution in [0.5, 0.6) is 0 Å². The van der Waals surface area contributed by atoms with E-state index in [1.54, 1.807) is 10.7 Å². The highest BCUT2D eigenvalue weighted by Gasteiger charge is 2.39.